The molecule has 3 heterocycles. The fourth-order valence-electron chi connectivity index (χ4n) is 4.93. The highest BCUT2D eigenvalue weighted by Crippen LogP contribution is 2.27. The summed E-state index contributed by atoms with van der Waals surface area (Å²) in [4.78, 5) is 30.8. The third-order valence-corrected chi connectivity index (χ3v) is 7.21. The zero-order chi connectivity index (χ0) is 28.6. The lowest BCUT2D eigenvalue weighted by Gasteiger charge is -2.36. The SMILES string of the molecule is CC(C)[C@H](NC(=O)[C@@H](CC(=O)OCc1ccccc1)n1ccc(-c2ccc(-c3ccncc3)cc2)c1)[NH+]1CC=C[N-]1. The number of esters is 1. The second kappa shape index (κ2) is 13.1. The summed E-state index contributed by atoms with van der Waals surface area (Å²) in [5.41, 5.74) is 9.51. The zero-order valence-corrected chi connectivity index (χ0v) is 23.3. The number of rotatable bonds is 11. The Labute approximate surface area is 240 Å². The number of quaternary nitrogens is 1. The third kappa shape index (κ3) is 7.10. The average molecular weight is 550 g/mol. The number of pyridine rings is 1. The average Bonchev–Trinajstić information content (AvgIpc) is 3.72. The number of amides is 1. The fourth-order valence-corrected chi connectivity index (χ4v) is 4.93. The van der Waals surface area contributed by atoms with Crippen LogP contribution in [-0.2, 0) is 20.9 Å². The Morgan fingerprint density at radius 1 is 0.951 bits per heavy atom. The molecule has 8 heteroatoms. The first kappa shape index (κ1) is 27.9. The zero-order valence-electron chi connectivity index (χ0n) is 23.3. The van der Waals surface area contributed by atoms with E-state index in [1.165, 1.54) is 0 Å². The van der Waals surface area contributed by atoms with Crippen LogP contribution in [-0.4, -0.2) is 34.1 Å². The van der Waals surface area contributed by atoms with Crippen LogP contribution in [0.2, 0.25) is 0 Å². The summed E-state index contributed by atoms with van der Waals surface area (Å²) in [6.45, 7) is 4.97. The maximum atomic E-state index is 13.8. The van der Waals surface area contributed by atoms with Crippen molar-refractivity contribution in [2.75, 3.05) is 6.54 Å². The topological polar surface area (TPSA) is 91.8 Å². The molecule has 1 aliphatic rings. The summed E-state index contributed by atoms with van der Waals surface area (Å²) in [6, 6.07) is 22.9. The van der Waals surface area contributed by atoms with Gasteiger partial charge in [0.25, 0.3) is 0 Å². The summed E-state index contributed by atoms with van der Waals surface area (Å²) >= 11 is 0. The highest BCUT2D eigenvalue weighted by molar-refractivity contribution is 5.85. The molecule has 5 rings (SSSR count). The molecule has 0 fully saturated rings. The van der Waals surface area contributed by atoms with Gasteiger partial charge in [-0.3, -0.25) is 14.6 Å². The van der Waals surface area contributed by atoms with Crippen LogP contribution in [0, 0.1) is 5.92 Å². The molecule has 1 aliphatic heterocycles. The molecule has 3 atom stereocenters. The van der Waals surface area contributed by atoms with E-state index in [1.54, 1.807) is 23.2 Å². The molecule has 4 aromatic rings. The molecule has 0 radical (unpaired) electrons. The van der Waals surface area contributed by atoms with E-state index in [2.05, 4.69) is 53.8 Å². The van der Waals surface area contributed by atoms with Crippen LogP contribution in [0.15, 0.2) is 110 Å². The number of ether oxygens (including phenoxy) is 1. The monoisotopic (exact) mass is 549 g/mol. The molecule has 2 aromatic carbocycles. The van der Waals surface area contributed by atoms with Gasteiger partial charge >= 0.3 is 5.97 Å². The van der Waals surface area contributed by atoms with Gasteiger partial charge in [0.15, 0.2) is 6.17 Å². The number of aromatic nitrogens is 2. The van der Waals surface area contributed by atoms with E-state index in [0.29, 0.717) is 6.54 Å². The van der Waals surface area contributed by atoms with E-state index in [9.17, 15) is 9.59 Å². The minimum atomic E-state index is -0.778. The number of carbonyl (C=O) groups is 2. The van der Waals surface area contributed by atoms with Gasteiger partial charge in [-0.05, 0) is 52.1 Å². The molecule has 1 unspecified atom stereocenters. The molecular formula is C33H35N5O3. The van der Waals surface area contributed by atoms with Crippen molar-refractivity contribution in [2.24, 2.45) is 5.92 Å². The van der Waals surface area contributed by atoms with Gasteiger partial charge < -0.3 is 25.1 Å². The Morgan fingerprint density at radius 3 is 2.29 bits per heavy atom. The molecule has 2 N–H and O–H groups in total. The molecule has 0 spiro atoms. The Morgan fingerprint density at radius 2 is 1.63 bits per heavy atom. The molecule has 0 bridgehead atoms. The highest BCUT2D eigenvalue weighted by Gasteiger charge is 2.30. The van der Waals surface area contributed by atoms with Crippen molar-refractivity contribution in [3.8, 4) is 22.3 Å². The minimum absolute atomic E-state index is 0.0939. The van der Waals surface area contributed by atoms with E-state index >= 15 is 0 Å². The van der Waals surface area contributed by atoms with Crippen molar-refractivity contribution in [1.29, 1.82) is 0 Å². The lowest BCUT2D eigenvalue weighted by Crippen LogP contribution is -3.13. The lowest BCUT2D eigenvalue weighted by atomic mass is 10.0. The number of hydrogen-bond acceptors (Lipinski definition) is 4. The van der Waals surface area contributed by atoms with Crippen LogP contribution in [0.4, 0.5) is 0 Å². The van der Waals surface area contributed by atoms with Gasteiger partial charge in [0.1, 0.15) is 12.6 Å². The summed E-state index contributed by atoms with van der Waals surface area (Å²) in [7, 11) is 0. The van der Waals surface area contributed by atoms with Gasteiger partial charge in [0.05, 0.1) is 13.0 Å². The largest absolute Gasteiger partial charge is 0.494 e. The smallest absolute Gasteiger partial charge is 0.308 e. The van der Waals surface area contributed by atoms with Gasteiger partial charge in [0, 0.05) is 30.7 Å². The van der Waals surface area contributed by atoms with Crippen LogP contribution in [0.25, 0.3) is 27.7 Å². The Balaban J connectivity index is 1.35. The predicted molar refractivity (Wildman–Crippen MR) is 158 cm³/mol. The Bertz CT molecular complexity index is 1460. The van der Waals surface area contributed by atoms with Crippen LogP contribution in [0.3, 0.4) is 0 Å². The molecule has 210 valence electrons. The standard InChI is InChI=1S/C33H35N5O3/c1-24(2)32(38-19-6-16-35-38)36-33(40)30(21-31(39)41-23-25-7-4-3-5-8-25)37-20-15-29(22-37)27-11-9-26(10-12-27)28-13-17-34-18-14-28/h3-18,20,22,24,30,32,38H,19,21,23H2,1-2H3,(H,36,40)/t30-,32-/m1/s1. The summed E-state index contributed by atoms with van der Waals surface area (Å²) in [5, 5.41) is 4.09. The van der Waals surface area contributed by atoms with Crippen LogP contribution in [0.5, 0.6) is 0 Å². The minimum Gasteiger partial charge on any atom is -0.494 e. The van der Waals surface area contributed by atoms with Crippen molar-refractivity contribution in [3.05, 3.63) is 121 Å². The first-order chi connectivity index (χ1) is 20.0. The first-order valence-electron chi connectivity index (χ1n) is 13.9. The van der Waals surface area contributed by atoms with Gasteiger partial charge in [-0.25, -0.2) is 0 Å². The van der Waals surface area contributed by atoms with Crippen LogP contribution in [0.1, 0.15) is 31.9 Å². The van der Waals surface area contributed by atoms with E-state index in [-0.39, 0.29) is 31.0 Å². The number of benzene rings is 2. The fraction of sp³-hybridized carbons (Fsp3) is 0.242. The lowest BCUT2D eigenvalue weighted by molar-refractivity contribution is -0.882. The van der Waals surface area contributed by atoms with Crippen molar-refractivity contribution >= 4 is 11.9 Å². The molecule has 0 saturated heterocycles. The molecule has 2 aromatic heterocycles. The molecule has 8 nitrogen and oxygen atoms in total. The second-order valence-corrected chi connectivity index (χ2v) is 10.5. The highest BCUT2D eigenvalue weighted by atomic mass is 16.5. The van der Waals surface area contributed by atoms with Gasteiger partial charge in [0.2, 0.25) is 5.91 Å². The number of carbonyl (C=O) groups excluding carboxylic acids is 2. The van der Waals surface area contributed by atoms with Crippen molar-refractivity contribution in [1.82, 2.24) is 14.9 Å². The van der Waals surface area contributed by atoms with Crippen molar-refractivity contribution in [3.63, 3.8) is 0 Å². The molecule has 1 amide bonds. The van der Waals surface area contributed by atoms with E-state index in [4.69, 9.17) is 4.74 Å². The number of nitrogens with one attached hydrogen (secondary N) is 2. The predicted octanol–water partition coefficient (Wildman–Crippen LogP) is 4.69. The van der Waals surface area contributed by atoms with Crippen LogP contribution >= 0.6 is 0 Å². The Hall–Kier alpha value is -4.69. The van der Waals surface area contributed by atoms with Gasteiger partial charge in [-0.2, -0.15) is 0 Å². The first-order valence-corrected chi connectivity index (χ1v) is 13.9. The summed E-state index contributed by atoms with van der Waals surface area (Å²) in [5.74, 6) is -0.542. The van der Waals surface area contributed by atoms with E-state index in [0.717, 1.165) is 32.8 Å². The van der Waals surface area contributed by atoms with E-state index in [1.807, 2.05) is 67.0 Å². The molecule has 0 aliphatic carbocycles. The summed E-state index contributed by atoms with van der Waals surface area (Å²) < 4.78 is 7.36. The van der Waals surface area contributed by atoms with Crippen molar-refractivity contribution in [2.45, 2.75) is 39.1 Å². The molecule has 41 heavy (non-hydrogen) atoms. The number of hydrogen-bond donors (Lipinski definition) is 2. The normalized spacial score (nSPS) is 15.7. The van der Waals surface area contributed by atoms with Crippen LogP contribution < -0.4 is 10.3 Å². The maximum absolute atomic E-state index is 13.8. The van der Waals surface area contributed by atoms with Gasteiger partial charge in [-0.1, -0.05) is 68.4 Å². The quantitative estimate of drug-likeness (QED) is 0.266. The second-order valence-electron chi connectivity index (χ2n) is 10.5. The maximum Gasteiger partial charge on any atom is 0.308 e. The van der Waals surface area contributed by atoms with Crippen molar-refractivity contribution < 1.29 is 19.3 Å². The van der Waals surface area contributed by atoms with E-state index < -0.39 is 12.0 Å². The molecular weight excluding hydrogens is 514 g/mol. The molecule has 0 saturated carbocycles. The Kier molecular flexibility index (Phi) is 8.91. The summed E-state index contributed by atoms with van der Waals surface area (Å²) in [6.07, 6.45) is 10.7. The third-order valence-electron chi connectivity index (χ3n) is 7.21. The number of nitrogens with zero attached hydrogens (tertiary/aromatic N) is 3. The van der Waals surface area contributed by atoms with Gasteiger partial charge in [-0.15, -0.1) is 6.20 Å².